The van der Waals surface area contributed by atoms with Crippen LogP contribution in [0.5, 0.6) is 0 Å². The summed E-state index contributed by atoms with van der Waals surface area (Å²) in [5.41, 5.74) is 1.45. The Hall–Kier alpha value is -2.16. The van der Waals surface area contributed by atoms with Crippen LogP contribution in [0.4, 0.5) is 0 Å². The normalized spacial score (nSPS) is 14.1. The monoisotopic (exact) mass is 301 g/mol. The van der Waals surface area contributed by atoms with Gasteiger partial charge in [-0.1, -0.05) is 60.7 Å². The van der Waals surface area contributed by atoms with E-state index in [1.807, 2.05) is 12.1 Å². The van der Waals surface area contributed by atoms with Crippen molar-refractivity contribution in [3.05, 3.63) is 71.8 Å². The van der Waals surface area contributed by atoms with Crippen LogP contribution in [0, 0.1) is 11.3 Å². The first-order valence-corrected chi connectivity index (χ1v) is 8.07. The van der Waals surface area contributed by atoms with E-state index in [0.29, 0.717) is 5.56 Å². The maximum atomic E-state index is 11.3. The predicted octanol–water partition coefficient (Wildman–Crippen LogP) is 2.97. The molecule has 2 aromatic carbocycles. The lowest BCUT2D eigenvalue weighted by molar-refractivity contribution is 0.474. The first-order chi connectivity index (χ1) is 10.0. The number of hydrogen-bond acceptors (Lipinski definition) is 3. The maximum Gasteiger partial charge on any atom is 0.265 e. The Morgan fingerprint density at radius 3 is 1.86 bits per heavy atom. The highest BCUT2D eigenvalue weighted by molar-refractivity contribution is 7.85. The van der Waals surface area contributed by atoms with Crippen LogP contribution in [0.15, 0.2) is 60.7 Å². The van der Waals surface area contributed by atoms with Gasteiger partial charge in [-0.05, 0) is 11.1 Å². The second-order valence-electron chi connectivity index (χ2n) is 4.78. The SMILES string of the molecule is N#CC(c1ccccc1)C(CS(=O)(=O)O)c1ccccc1. The molecule has 108 valence electrons. The number of hydrogen-bond donors (Lipinski definition) is 1. The summed E-state index contributed by atoms with van der Waals surface area (Å²) < 4.78 is 31.8. The zero-order valence-corrected chi connectivity index (χ0v) is 12.1. The first-order valence-electron chi connectivity index (χ1n) is 6.46. The molecule has 2 unspecified atom stereocenters. The first kappa shape index (κ1) is 15.2. The van der Waals surface area contributed by atoms with E-state index in [9.17, 15) is 18.2 Å². The Bertz CT molecular complexity index is 721. The largest absolute Gasteiger partial charge is 0.286 e. The average Bonchev–Trinajstić information content (AvgIpc) is 2.48. The molecule has 1 N–H and O–H groups in total. The molecule has 0 saturated carbocycles. The molecule has 0 spiro atoms. The minimum atomic E-state index is -4.19. The van der Waals surface area contributed by atoms with Crippen LogP contribution in [0.3, 0.4) is 0 Å². The summed E-state index contributed by atoms with van der Waals surface area (Å²) in [7, 11) is -4.19. The van der Waals surface area contributed by atoms with E-state index in [2.05, 4.69) is 6.07 Å². The van der Waals surface area contributed by atoms with Gasteiger partial charge in [-0.2, -0.15) is 13.7 Å². The Morgan fingerprint density at radius 2 is 1.43 bits per heavy atom. The van der Waals surface area contributed by atoms with Gasteiger partial charge < -0.3 is 0 Å². The van der Waals surface area contributed by atoms with E-state index in [4.69, 9.17) is 0 Å². The van der Waals surface area contributed by atoms with E-state index >= 15 is 0 Å². The molecular formula is C16H15NO3S. The fraction of sp³-hybridized carbons (Fsp3) is 0.188. The lowest BCUT2D eigenvalue weighted by Gasteiger charge is -2.21. The van der Waals surface area contributed by atoms with Crippen LogP contribution in [0.1, 0.15) is 23.0 Å². The minimum Gasteiger partial charge on any atom is -0.286 e. The van der Waals surface area contributed by atoms with Gasteiger partial charge in [0.2, 0.25) is 0 Å². The molecule has 21 heavy (non-hydrogen) atoms. The molecule has 0 aliphatic rings. The van der Waals surface area contributed by atoms with Crippen LogP contribution in [-0.4, -0.2) is 18.7 Å². The second kappa shape index (κ2) is 6.53. The van der Waals surface area contributed by atoms with E-state index in [-0.39, 0.29) is 0 Å². The molecule has 0 radical (unpaired) electrons. The van der Waals surface area contributed by atoms with Gasteiger partial charge in [0.15, 0.2) is 0 Å². The standard InChI is InChI=1S/C16H15NO3S/c17-11-15(13-7-3-1-4-8-13)16(12-21(18,19)20)14-9-5-2-6-10-14/h1-10,15-16H,12H2,(H,18,19,20). The second-order valence-corrected chi connectivity index (χ2v) is 6.28. The molecule has 0 amide bonds. The summed E-state index contributed by atoms with van der Waals surface area (Å²) in [5.74, 6) is -1.74. The number of benzene rings is 2. The van der Waals surface area contributed by atoms with Gasteiger partial charge in [0.25, 0.3) is 10.1 Å². The van der Waals surface area contributed by atoms with Gasteiger partial charge in [-0.25, -0.2) is 0 Å². The molecule has 4 nitrogen and oxygen atoms in total. The predicted molar refractivity (Wildman–Crippen MR) is 80.4 cm³/mol. The molecule has 0 heterocycles. The van der Waals surface area contributed by atoms with Crippen LogP contribution in [0.25, 0.3) is 0 Å². The van der Waals surface area contributed by atoms with Crippen molar-refractivity contribution in [2.45, 2.75) is 11.8 Å². The van der Waals surface area contributed by atoms with Crippen LogP contribution in [0.2, 0.25) is 0 Å². The molecule has 0 fully saturated rings. The van der Waals surface area contributed by atoms with Gasteiger partial charge >= 0.3 is 0 Å². The highest BCUT2D eigenvalue weighted by Crippen LogP contribution is 2.33. The third-order valence-electron chi connectivity index (χ3n) is 3.32. The van der Waals surface area contributed by atoms with Crippen molar-refractivity contribution in [2.75, 3.05) is 5.75 Å². The van der Waals surface area contributed by atoms with Gasteiger partial charge in [0.1, 0.15) is 0 Å². The Labute approximate surface area is 124 Å². The van der Waals surface area contributed by atoms with Crippen LogP contribution < -0.4 is 0 Å². The van der Waals surface area contributed by atoms with E-state index < -0.39 is 27.7 Å². The third kappa shape index (κ3) is 4.15. The van der Waals surface area contributed by atoms with Crippen molar-refractivity contribution in [1.29, 1.82) is 5.26 Å². The van der Waals surface area contributed by atoms with Crippen molar-refractivity contribution in [1.82, 2.24) is 0 Å². The third-order valence-corrected chi connectivity index (χ3v) is 4.10. The summed E-state index contributed by atoms with van der Waals surface area (Å²) in [6.07, 6.45) is 0. The number of nitrogens with zero attached hydrogens (tertiary/aromatic N) is 1. The van der Waals surface area contributed by atoms with Gasteiger partial charge in [0.05, 0.1) is 17.7 Å². The van der Waals surface area contributed by atoms with Crippen LogP contribution >= 0.6 is 0 Å². The average molecular weight is 301 g/mol. The molecule has 5 heteroatoms. The fourth-order valence-corrected chi connectivity index (χ4v) is 3.21. The molecule has 0 aliphatic carbocycles. The minimum absolute atomic E-state index is 0.482. The molecule has 0 aliphatic heterocycles. The molecule has 2 atom stereocenters. The summed E-state index contributed by atoms with van der Waals surface area (Å²) in [6, 6.07) is 20.1. The van der Waals surface area contributed by atoms with Crippen molar-refractivity contribution in [3.63, 3.8) is 0 Å². The molecule has 0 saturated heterocycles. The van der Waals surface area contributed by atoms with Crippen molar-refractivity contribution >= 4 is 10.1 Å². The van der Waals surface area contributed by atoms with Crippen molar-refractivity contribution in [3.8, 4) is 6.07 Å². The van der Waals surface area contributed by atoms with E-state index in [1.54, 1.807) is 48.5 Å². The summed E-state index contributed by atoms with van der Waals surface area (Å²) in [6.45, 7) is 0. The Kier molecular flexibility index (Phi) is 4.73. The van der Waals surface area contributed by atoms with E-state index in [1.165, 1.54) is 0 Å². The van der Waals surface area contributed by atoms with Crippen molar-refractivity contribution in [2.24, 2.45) is 0 Å². The quantitative estimate of drug-likeness (QED) is 0.861. The number of rotatable bonds is 5. The van der Waals surface area contributed by atoms with E-state index in [0.717, 1.165) is 5.56 Å². The van der Waals surface area contributed by atoms with Gasteiger partial charge in [0, 0.05) is 5.92 Å². The topological polar surface area (TPSA) is 78.2 Å². The molecule has 2 aromatic rings. The molecular weight excluding hydrogens is 286 g/mol. The van der Waals surface area contributed by atoms with Gasteiger partial charge in [-0.3, -0.25) is 4.55 Å². The zero-order chi connectivity index (χ0) is 15.3. The van der Waals surface area contributed by atoms with Gasteiger partial charge in [-0.15, -0.1) is 0 Å². The Morgan fingerprint density at radius 1 is 0.952 bits per heavy atom. The molecule has 0 aromatic heterocycles. The fourth-order valence-electron chi connectivity index (χ4n) is 2.37. The Balaban J connectivity index is 2.46. The lowest BCUT2D eigenvalue weighted by Crippen LogP contribution is -2.20. The zero-order valence-electron chi connectivity index (χ0n) is 11.3. The highest BCUT2D eigenvalue weighted by atomic mass is 32.2. The maximum absolute atomic E-state index is 11.3. The smallest absolute Gasteiger partial charge is 0.265 e. The lowest BCUT2D eigenvalue weighted by atomic mass is 9.83. The highest BCUT2D eigenvalue weighted by Gasteiger charge is 2.28. The summed E-state index contributed by atoms with van der Waals surface area (Å²) in [4.78, 5) is 0. The molecule has 0 bridgehead atoms. The molecule has 2 rings (SSSR count). The van der Waals surface area contributed by atoms with Crippen LogP contribution in [-0.2, 0) is 10.1 Å². The summed E-state index contributed by atoms with van der Waals surface area (Å²) >= 11 is 0. The number of nitriles is 1. The summed E-state index contributed by atoms with van der Waals surface area (Å²) in [5, 5.41) is 9.48. The van der Waals surface area contributed by atoms with Crippen molar-refractivity contribution < 1.29 is 13.0 Å².